The zero-order chi connectivity index (χ0) is 13.2. The molecule has 2 amide bonds. The molecule has 94 valence electrons. The van der Waals surface area contributed by atoms with Crippen molar-refractivity contribution >= 4 is 11.8 Å². The van der Waals surface area contributed by atoms with Crippen molar-refractivity contribution in [3.8, 4) is 0 Å². The van der Waals surface area contributed by atoms with Gasteiger partial charge in [0.25, 0.3) is 0 Å². The highest BCUT2D eigenvalue weighted by atomic mass is 16.2. The predicted octanol–water partition coefficient (Wildman–Crippen LogP) is -1.20. The quantitative estimate of drug-likeness (QED) is 0.612. The first-order valence-corrected chi connectivity index (χ1v) is 5.10. The molecule has 1 heterocycles. The van der Waals surface area contributed by atoms with Gasteiger partial charge in [0.2, 0.25) is 11.8 Å². The van der Waals surface area contributed by atoms with Gasteiger partial charge in [-0.1, -0.05) is 0 Å². The van der Waals surface area contributed by atoms with Gasteiger partial charge in [-0.25, -0.2) is 0 Å². The summed E-state index contributed by atoms with van der Waals surface area (Å²) in [5, 5.41) is 6.40. The number of hydrogen-bond donors (Lipinski definition) is 3. The predicted molar refractivity (Wildman–Crippen MR) is 61.6 cm³/mol. The number of primary amides is 1. The van der Waals surface area contributed by atoms with Crippen molar-refractivity contribution in [3.05, 3.63) is 18.0 Å². The van der Waals surface area contributed by atoms with Crippen LogP contribution in [0.25, 0.3) is 0 Å². The van der Waals surface area contributed by atoms with E-state index in [2.05, 4.69) is 10.4 Å². The van der Waals surface area contributed by atoms with Crippen LogP contribution < -0.4 is 16.8 Å². The Balaban J connectivity index is 2.75. The van der Waals surface area contributed by atoms with Crippen LogP contribution in [0.15, 0.2) is 12.4 Å². The third kappa shape index (κ3) is 3.04. The lowest BCUT2D eigenvalue weighted by Crippen LogP contribution is -2.55. The number of carbonyl (C=O) groups is 2. The van der Waals surface area contributed by atoms with Crippen LogP contribution in [0.1, 0.15) is 25.5 Å². The number of aromatic nitrogens is 2. The molecule has 1 atom stereocenters. The average Bonchev–Trinajstić information content (AvgIpc) is 2.62. The Kier molecular flexibility index (Phi) is 3.52. The van der Waals surface area contributed by atoms with E-state index in [0.29, 0.717) is 5.56 Å². The van der Waals surface area contributed by atoms with Gasteiger partial charge in [0.05, 0.1) is 6.20 Å². The number of nitrogens with two attached hydrogens (primary N) is 2. The Morgan fingerprint density at radius 2 is 2.12 bits per heavy atom. The first kappa shape index (κ1) is 13.2. The summed E-state index contributed by atoms with van der Waals surface area (Å²) >= 11 is 0. The van der Waals surface area contributed by atoms with Crippen molar-refractivity contribution in [1.29, 1.82) is 0 Å². The molecule has 1 unspecified atom stereocenters. The van der Waals surface area contributed by atoms with Gasteiger partial charge in [-0.2, -0.15) is 5.10 Å². The summed E-state index contributed by atoms with van der Waals surface area (Å²) in [7, 11) is 1.72. The summed E-state index contributed by atoms with van der Waals surface area (Å²) in [6.07, 6.45) is 3.14. The third-order valence-corrected chi connectivity index (χ3v) is 2.42. The van der Waals surface area contributed by atoms with Gasteiger partial charge in [0, 0.05) is 18.8 Å². The molecule has 7 heteroatoms. The van der Waals surface area contributed by atoms with E-state index in [9.17, 15) is 9.59 Å². The van der Waals surface area contributed by atoms with E-state index in [0.717, 1.165) is 0 Å². The Bertz CT molecular complexity index is 438. The van der Waals surface area contributed by atoms with Crippen molar-refractivity contribution in [2.24, 2.45) is 18.5 Å². The molecule has 7 nitrogen and oxygen atoms in total. The minimum absolute atomic E-state index is 0.471. The van der Waals surface area contributed by atoms with Crippen LogP contribution in [0.5, 0.6) is 0 Å². The molecule has 0 saturated carbocycles. The third-order valence-electron chi connectivity index (χ3n) is 2.42. The Labute approximate surface area is 99.1 Å². The molecule has 0 aliphatic carbocycles. The first-order chi connectivity index (χ1) is 7.74. The molecule has 0 aromatic carbocycles. The first-order valence-electron chi connectivity index (χ1n) is 5.10. The molecule has 1 aromatic rings. The zero-order valence-electron chi connectivity index (χ0n) is 10.1. The SMILES string of the molecule is Cn1cc(C(N)C(=O)NC(C)(C)C(N)=O)cn1. The number of aryl methyl sites for hydroxylation is 1. The zero-order valence-corrected chi connectivity index (χ0v) is 10.1. The van der Waals surface area contributed by atoms with Gasteiger partial charge >= 0.3 is 0 Å². The molecule has 0 bridgehead atoms. The van der Waals surface area contributed by atoms with Gasteiger partial charge in [-0.3, -0.25) is 14.3 Å². The fourth-order valence-electron chi connectivity index (χ4n) is 1.20. The van der Waals surface area contributed by atoms with Crippen LogP contribution in [-0.2, 0) is 16.6 Å². The molecule has 5 N–H and O–H groups in total. The maximum atomic E-state index is 11.8. The molecule has 0 saturated heterocycles. The molecule has 17 heavy (non-hydrogen) atoms. The standard InChI is InChI=1S/C10H17N5O2/c1-10(2,9(12)17)14-8(16)7(11)6-4-13-15(3)5-6/h4-5,7H,11H2,1-3H3,(H2,12,17)(H,14,16). The van der Waals surface area contributed by atoms with Gasteiger partial charge in [-0.05, 0) is 13.8 Å². The summed E-state index contributed by atoms with van der Waals surface area (Å²) in [5.41, 5.74) is 10.3. The van der Waals surface area contributed by atoms with Gasteiger partial charge < -0.3 is 16.8 Å². The number of carbonyl (C=O) groups excluding carboxylic acids is 2. The second kappa shape index (κ2) is 4.54. The Morgan fingerprint density at radius 1 is 1.53 bits per heavy atom. The van der Waals surface area contributed by atoms with Crippen LogP contribution in [-0.4, -0.2) is 27.1 Å². The fraction of sp³-hybridized carbons (Fsp3) is 0.500. The molecule has 0 spiro atoms. The summed E-state index contributed by atoms with van der Waals surface area (Å²) in [6, 6.07) is -0.873. The molecule has 0 radical (unpaired) electrons. The monoisotopic (exact) mass is 239 g/mol. The van der Waals surface area contributed by atoms with Crippen LogP contribution in [0, 0.1) is 0 Å². The second-order valence-corrected chi connectivity index (χ2v) is 4.40. The molecular weight excluding hydrogens is 222 g/mol. The molecule has 1 aromatic heterocycles. The highest BCUT2D eigenvalue weighted by Gasteiger charge is 2.29. The highest BCUT2D eigenvalue weighted by molar-refractivity contribution is 5.91. The largest absolute Gasteiger partial charge is 0.368 e. The van der Waals surface area contributed by atoms with E-state index in [1.807, 2.05) is 0 Å². The van der Waals surface area contributed by atoms with Crippen molar-refractivity contribution in [3.63, 3.8) is 0 Å². The molecule has 0 fully saturated rings. The highest BCUT2D eigenvalue weighted by Crippen LogP contribution is 2.10. The number of rotatable bonds is 4. The van der Waals surface area contributed by atoms with E-state index in [4.69, 9.17) is 11.5 Å². The maximum Gasteiger partial charge on any atom is 0.242 e. The van der Waals surface area contributed by atoms with Crippen LogP contribution in [0.2, 0.25) is 0 Å². The lowest BCUT2D eigenvalue weighted by atomic mass is 10.0. The van der Waals surface area contributed by atoms with E-state index in [-0.39, 0.29) is 0 Å². The maximum absolute atomic E-state index is 11.8. The second-order valence-electron chi connectivity index (χ2n) is 4.40. The molecule has 0 aliphatic heterocycles. The number of hydrogen-bond acceptors (Lipinski definition) is 4. The molecule has 0 aliphatic rings. The summed E-state index contributed by atoms with van der Waals surface area (Å²) in [4.78, 5) is 22.9. The van der Waals surface area contributed by atoms with E-state index >= 15 is 0 Å². The van der Waals surface area contributed by atoms with E-state index < -0.39 is 23.4 Å². The summed E-state index contributed by atoms with van der Waals surface area (Å²) < 4.78 is 1.54. The fourth-order valence-corrected chi connectivity index (χ4v) is 1.20. The lowest BCUT2D eigenvalue weighted by molar-refractivity contribution is -0.131. The van der Waals surface area contributed by atoms with Crippen molar-refractivity contribution < 1.29 is 9.59 Å². The summed E-state index contributed by atoms with van der Waals surface area (Å²) in [6.45, 7) is 3.03. The smallest absolute Gasteiger partial charge is 0.242 e. The van der Waals surface area contributed by atoms with Crippen molar-refractivity contribution in [1.82, 2.24) is 15.1 Å². The van der Waals surface area contributed by atoms with Crippen LogP contribution >= 0.6 is 0 Å². The van der Waals surface area contributed by atoms with Crippen molar-refractivity contribution in [2.45, 2.75) is 25.4 Å². The molecular formula is C10H17N5O2. The summed E-state index contributed by atoms with van der Waals surface area (Å²) in [5.74, 6) is -1.09. The van der Waals surface area contributed by atoms with E-state index in [1.54, 1.807) is 17.9 Å². The van der Waals surface area contributed by atoms with E-state index in [1.165, 1.54) is 20.0 Å². The minimum atomic E-state index is -1.13. The molecule has 1 rings (SSSR count). The van der Waals surface area contributed by atoms with Crippen molar-refractivity contribution in [2.75, 3.05) is 0 Å². The topological polar surface area (TPSA) is 116 Å². The van der Waals surface area contributed by atoms with Crippen LogP contribution in [0.3, 0.4) is 0 Å². The Morgan fingerprint density at radius 3 is 2.53 bits per heavy atom. The average molecular weight is 239 g/mol. The normalized spacial score (nSPS) is 13.2. The lowest BCUT2D eigenvalue weighted by Gasteiger charge is -2.24. The number of nitrogens with one attached hydrogen (secondary N) is 1. The van der Waals surface area contributed by atoms with Gasteiger partial charge in [-0.15, -0.1) is 0 Å². The van der Waals surface area contributed by atoms with Gasteiger partial charge in [0.15, 0.2) is 0 Å². The number of amides is 2. The van der Waals surface area contributed by atoms with Crippen LogP contribution in [0.4, 0.5) is 0 Å². The minimum Gasteiger partial charge on any atom is -0.368 e. The Hall–Kier alpha value is -1.89. The van der Waals surface area contributed by atoms with Gasteiger partial charge in [0.1, 0.15) is 11.6 Å². The number of nitrogens with zero attached hydrogens (tertiary/aromatic N) is 2.